The third-order valence-corrected chi connectivity index (χ3v) is 11.5. The Bertz CT molecular complexity index is 1430. The number of anilines is 3. The summed E-state index contributed by atoms with van der Waals surface area (Å²) in [6.45, 7) is 3.19. The third kappa shape index (κ3) is 6.75. The van der Waals surface area contributed by atoms with Crippen molar-refractivity contribution < 1.29 is 4.79 Å². The van der Waals surface area contributed by atoms with Crippen LogP contribution in [0.4, 0.5) is 16.5 Å². The number of thioether (sulfide) groups is 1. The number of fused-ring (bicyclic) bond motifs is 1. The Hall–Kier alpha value is -3.11. The van der Waals surface area contributed by atoms with E-state index in [0.29, 0.717) is 40.6 Å². The van der Waals surface area contributed by atoms with Crippen LogP contribution in [-0.4, -0.2) is 53.2 Å². The maximum atomic E-state index is 12.7. The average molecular weight is 604 g/mol. The molecule has 1 aliphatic heterocycles. The van der Waals surface area contributed by atoms with E-state index in [2.05, 4.69) is 62.7 Å². The van der Waals surface area contributed by atoms with Gasteiger partial charge in [0, 0.05) is 49.2 Å². The van der Waals surface area contributed by atoms with Crippen LogP contribution in [-0.2, 0) is 17.6 Å². The van der Waals surface area contributed by atoms with E-state index >= 15 is 0 Å². The molecule has 3 aromatic rings. The average Bonchev–Trinajstić information content (AvgIpc) is 3.42. The Morgan fingerprint density at radius 1 is 1.05 bits per heavy atom. The molecule has 2 aromatic carbocycles. The van der Waals surface area contributed by atoms with Gasteiger partial charge in [0.15, 0.2) is 5.17 Å². The molecule has 42 heavy (non-hydrogen) atoms. The van der Waals surface area contributed by atoms with Crippen LogP contribution in [0.1, 0.15) is 54.7 Å². The van der Waals surface area contributed by atoms with Crippen molar-refractivity contribution in [3.8, 4) is 0 Å². The largest absolute Gasteiger partial charge is 0.388 e. The van der Waals surface area contributed by atoms with Crippen molar-refractivity contribution in [3.05, 3.63) is 64.7 Å². The third-order valence-electron chi connectivity index (χ3n) is 9.03. The molecule has 3 aliphatic rings. The zero-order chi connectivity index (χ0) is 29.1. The number of aliphatic imine (C=N–C) groups is 1. The molecule has 1 amide bonds. The van der Waals surface area contributed by atoms with Crippen molar-refractivity contribution >= 4 is 50.7 Å². The van der Waals surface area contributed by atoms with E-state index in [-0.39, 0.29) is 5.91 Å². The van der Waals surface area contributed by atoms with Crippen LogP contribution in [0.15, 0.2) is 53.5 Å². The lowest BCUT2D eigenvalue weighted by Crippen LogP contribution is -2.38. The summed E-state index contributed by atoms with van der Waals surface area (Å²) in [6, 6.07) is 17.1. The van der Waals surface area contributed by atoms with Crippen LogP contribution in [0.3, 0.4) is 0 Å². The van der Waals surface area contributed by atoms with Gasteiger partial charge in [0.25, 0.3) is 0 Å². The first kappa shape index (κ1) is 29.0. The Balaban J connectivity index is 1.05. The molecule has 0 bridgehead atoms. The minimum atomic E-state index is -0.0612. The van der Waals surface area contributed by atoms with Crippen LogP contribution in [0.2, 0.25) is 0 Å². The minimum Gasteiger partial charge on any atom is -0.388 e. The van der Waals surface area contributed by atoms with E-state index in [9.17, 15) is 4.79 Å². The summed E-state index contributed by atoms with van der Waals surface area (Å²) in [5.74, 6) is 2.40. The Morgan fingerprint density at radius 3 is 2.60 bits per heavy atom. The number of nitrogens with one attached hydrogen (secondary N) is 4. The summed E-state index contributed by atoms with van der Waals surface area (Å²) in [6.07, 6.45) is 6.01. The van der Waals surface area contributed by atoms with E-state index in [1.165, 1.54) is 18.4 Å². The molecule has 8 nitrogen and oxygen atoms in total. The lowest BCUT2D eigenvalue weighted by Gasteiger charge is -2.36. The second kappa shape index (κ2) is 13.0. The monoisotopic (exact) mass is 603 g/mol. The van der Waals surface area contributed by atoms with Crippen LogP contribution in [0.25, 0.3) is 0 Å². The molecule has 1 saturated heterocycles. The molecule has 1 aromatic heterocycles. The Morgan fingerprint density at radius 2 is 1.81 bits per heavy atom. The summed E-state index contributed by atoms with van der Waals surface area (Å²) in [4.78, 5) is 17.7. The summed E-state index contributed by atoms with van der Waals surface area (Å²) in [5.41, 5.74) is 4.43. The predicted octanol–water partition coefficient (Wildman–Crippen LogP) is 6.01. The second-order valence-electron chi connectivity index (χ2n) is 11.8. The smallest absolute Gasteiger partial charge is 0.230 e. The van der Waals surface area contributed by atoms with Gasteiger partial charge in [-0.05, 0) is 78.8 Å². The number of rotatable bonds is 10. The number of amidine groups is 1. The van der Waals surface area contributed by atoms with Crippen LogP contribution in [0, 0.1) is 17.8 Å². The van der Waals surface area contributed by atoms with E-state index in [0.717, 1.165) is 58.8 Å². The van der Waals surface area contributed by atoms with Gasteiger partial charge in [-0.3, -0.25) is 9.79 Å². The van der Waals surface area contributed by atoms with Gasteiger partial charge in [-0.1, -0.05) is 60.7 Å². The fourth-order valence-electron chi connectivity index (χ4n) is 6.66. The first-order chi connectivity index (χ1) is 20.5. The highest BCUT2D eigenvalue weighted by atomic mass is 32.2. The van der Waals surface area contributed by atoms with E-state index in [4.69, 9.17) is 4.99 Å². The van der Waals surface area contributed by atoms with Crippen LogP contribution >= 0.6 is 23.1 Å². The summed E-state index contributed by atoms with van der Waals surface area (Å²) >= 11 is 3.53. The zero-order valence-corrected chi connectivity index (χ0v) is 26.2. The molecule has 10 heteroatoms. The van der Waals surface area contributed by atoms with Crippen LogP contribution < -0.4 is 21.3 Å². The van der Waals surface area contributed by atoms with Crippen molar-refractivity contribution in [2.24, 2.45) is 22.7 Å². The topological polar surface area (TPSA) is 103 Å². The molecule has 6 atom stereocenters. The first-order valence-electron chi connectivity index (χ1n) is 15.1. The molecule has 6 unspecified atom stereocenters. The summed E-state index contributed by atoms with van der Waals surface area (Å²) < 4.78 is 0. The maximum absolute atomic E-state index is 12.7. The normalized spacial score (nSPS) is 27.5. The molecule has 2 aliphatic carbocycles. The highest BCUT2D eigenvalue weighted by Crippen LogP contribution is 2.55. The SMILES string of the molecule is CNc1cccc(CCN=C2NC3C(C)C3C(C3CCCC(c4nnc(NC(=O)Cc5cccc(NC)c5)s4)C3)S2)c1. The van der Waals surface area contributed by atoms with E-state index in [1.54, 1.807) is 11.3 Å². The quantitative estimate of drug-likeness (QED) is 0.225. The van der Waals surface area contributed by atoms with Crippen molar-refractivity contribution in [1.29, 1.82) is 0 Å². The predicted molar refractivity (Wildman–Crippen MR) is 176 cm³/mol. The molecule has 3 fully saturated rings. The van der Waals surface area contributed by atoms with Gasteiger partial charge >= 0.3 is 0 Å². The maximum Gasteiger partial charge on any atom is 0.230 e. The van der Waals surface area contributed by atoms with Crippen molar-refractivity contribution in [3.63, 3.8) is 0 Å². The Kier molecular flexibility index (Phi) is 9.00. The van der Waals surface area contributed by atoms with Gasteiger partial charge in [0.05, 0.1) is 6.42 Å². The molecule has 6 rings (SSSR count). The second-order valence-corrected chi connectivity index (χ2v) is 14.0. The number of hydrogen-bond acceptors (Lipinski definition) is 8. The molecule has 2 saturated carbocycles. The highest BCUT2D eigenvalue weighted by molar-refractivity contribution is 8.14. The fraction of sp³-hybridized carbons (Fsp3) is 0.500. The van der Waals surface area contributed by atoms with E-state index in [1.807, 2.05) is 50.1 Å². The lowest BCUT2D eigenvalue weighted by molar-refractivity contribution is -0.115. The van der Waals surface area contributed by atoms with Crippen molar-refractivity contribution in [2.75, 3.05) is 36.6 Å². The van der Waals surface area contributed by atoms with Gasteiger partial charge < -0.3 is 21.3 Å². The van der Waals surface area contributed by atoms with Crippen molar-refractivity contribution in [1.82, 2.24) is 15.5 Å². The molecular formula is C32H41N7OS2. The van der Waals surface area contributed by atoms with Gasteiger partial charge in [-0.15, -0.1) is 10.2 Å². The Labute approximate surface area is 257 Å². The number of carbonyl (C=O) groups is 1. The number of carbonyl (C=O) groups excluding carboxylic acids is 1. The lowest BCUT2D eigenvalue weighted by atomic mass is 9.78. The number of amides is 1. The molecule has 0 spiro atoms. The minimum absolute atomic E-state index is 0.0612. The molecular weight excluding hydrogens is 563 g/mol. The molecule has 0 radical (unpaired) electrons. The summed E-state index contributed by atoms with van der Waals surface area (Å²) in [7, 11) is 3.84. The number of benzene rings is 2. The van der Waals surface area contributed by atoms with Crippen LogP contribution in [0.5, 0.6) is 0 Å². The molecule has 4 N–H and O–H groups in total. The fourth-order valence-corrected chi connectivity index (χ4v) is 9.21. The van der Waals surface area contributed by atoms with Crippen molar-refractivity contribution in [2.45, 2.75) is 62.7 Å². The molecule has 222 valence electrons. The number of nitrogens with zero attached hydrogens (tertiary/aromatic N) is 3. The molecule has 2 heterocycles. The van der Waals surface area contributed by atoms with E-state index < -0.39 is 0 Å². The highest BCUT2D eigenvalue weighted by Gasteiger charge is 2.57. The zero-order valence-electron chi connectivity index (χ0n) is 24.6. The van der Waals surface area contributed by atoms with Gasteiger partial charge in [-0.25, -0.2) is 0 Å². The van der Waals surface area contributed by atoms with Gasteiger partial charge in [0.1, 0.15) is 5.01 Å². The summed E-state index contributed by atoms with van der Waals surface area (Å²) in [5, 5.41) is 25.3. The first-order valence-corrected chi connectivity index (χ1v) is 16.8. The standard InChI is InChI=1S/C32H41N7OS2/c1-19-27-28(19)37-31(35-14-13-20-7-4-11-24(15-20)33-2)41-29(27)22-9-6-10-23(18-22)30-38-39-32(42-30)36-26(40)17-21-8-5-12-25(16-21)34-3/h4-5,7-8,11-12,15-16,19,22-23,27-29,33-34H,6,9-10,13-14,17-18H2,1-3H3,(H,35,37)(H,36,39,40). The van der Waals surface area contributed by atoms with Gasteiger partial charge in [-0.2, -0.15) is 0 Å². The van der Waals surface area contributed by atoms with Gasteiger partial charge in [0.2, 0.25) is 11.0 Å². The number of hydrogen-bond donors (Lipinski definition) is 4. The number of aromatic nitrogens is 2.